The minimum absolute atomic E-state index is 0.230. The van der Waals surface area contributed by atoms with Crippen molar-refractivity contribution in [2.45, 2.75) is 33.0 Å². The molecule has 6 heteroatoms. The fraction of sp³-hybridized carbons (Fsp3) is 0.348. The van der Waals surface area contributed by atoms with Gasteiger partial charge in [0, 0.05) is 43.7 Å². The van der Waals surface area contributed by atoms with Crippen LogP contribution in [0.3, 0.4) is 0 Å². The SMILES string of the molecule is CCn1c(-c2ccc(F)cc2)nc2c1CN(Cc1cc(OC)ccc1OC)CC2. The third-order valence-corrected chi connectivity index (χ3v) is 5.49. The van der Waals surface area contributed by atoms with Crippen LogP contribution in [-0.2, 0) is 26.1 Å². The maximum absolute atomic E-state index is 13.3. The lowest BCUT2D eigenvalue weighted by molar-refractivity contribution is 0.233. The second-order valence-electron chi connectivity index (χ2n) is 7.22. The van der Waals surface area contributed by atoms with E-state index < -0.39 is 0 Å². The summed E-state index contributed by atoms with van der Waals surface area (Å²) in [7, 11) is 3.37. The fourth-order valence-corrected chi connectivity index (χ4v) is 4.01. The van der Waals surface area contributed by atoms with Crippen molar-refractivity contribution in [3.63, 3.8) is 0 Å². The summed E-state index contributed by atoms with van der Waals surface area (Å²) < 4.78 is 26.5. The number of ether oxygens (including phenoxy) is 2. The van der Waals surface area contributed by atoms with Crippen LogP contribution in [0.2, 0.25) is 0 Å². The number of methoxy groups -OCH3 is 2. The van der Waals surface area contributed by atoms with Crippen molar-refractivity contribution in [3.8, 4) is 22.9 Å². The number of benzene rings is 2. The highest BCUT2D eigenvalue weighted by molar-refractivity contribution is 5.57. The van der Waals surface area contributed by atoms with Gasteiger partial charge in [-0.2, -0.15) is 0 Å². The van der Waals surface area contributed by atoms with E-state index in [1.165, 1.54) is 17.8 Å². The average molecular weight is 395 g/mol. The summed E-state index contributed by atoms with van der Waals surface area (Å²) in [5, 5.41) is 0. The number of hydrogen-bond acceptors (Lipinski definition) is 4. The Labute approximate surface area is 170 Å². The van der Waals surface area contributed by atoms with E-state index in [1.807, 2.05) is 18.2 Å². The van der Waals surface area contributed by atoms with Crippen LogP contribution in [0.15, 0.2) is 42.5 Å². The van der Waals surface area contributed by atoms with Crippen LogP contribution in [0.4, 0.5) is 4.39 Å². The van der Waals surface area contributed by atoms with Crippen LogP contribution < -0.4 is 9.47 Å². The molecule has 0 fully saturated rings. The van der Waals surface area contributed by atoms with Crippen LogP contribution in [0, 0.1) is 5.82 Å². The van der Waals surface area contributed by atoms with Gasteiger partial charge in [0.1, 0.15) is 23.1 Å². The molecule has 0 atom stereocenters. The van der Waals surface area contributed by atoms with E-state index in [4.69, 9.17) is 14.5 Å². The number of fused-ring (bicyclic) bond motifs is 1. The Morgan fingerprint density at radius 3 is 2.55 bits per heavy atom. The molecule has 3 aromatic rings. The number of aromatic nitrogens is 2. The minimum atomic E-state index is -0.230. The van der Waals surface area contributed by atoms with E-state index in [1.54, 1.807) is 26.4 Å². The molecular formula is C23H26FN3O2. The van der Waals surface area contributed by atoms with Crippen molar-refractivity contribution in [2.75, 3.05) is 20.8 Å². The fourth-order valence-electron chi connectivity index (χ4n) is 4.01. The first kappa shape index (κ1) is 19.5. The summed E-state index contributed by atoms with van der Waals surface area (Å²) in [6.45, 7) is 5.47. The predicted molar refractivity (Wildman–Crippen MR) is 111 cm³/mol. The Hall–Kier alpha value is -2.86. The van der Waals surface area contributed by atoms with Crippen molar-refractivity contribution < 1.29 is 13.9 Å². The predicted octanol–water partition coefficient (Wildman–Crippen LogP) is 4.28. The molecule has 152 valence electrons. The third-order valence-electron chi connectivity index (χ3n) is 5.49. The number of hydrogen-bond donors (Lipinski definition) is 0. The third kappa shape index (κ3) is 3.85. The maximum atomic E-state index is 13.3. The van der Waals surface area contributed by atoms with Crippen molar-refractivity contribution in [2.24, 2.45) is 0 Å². The van der Waals surface area contributed by atoms with Crippen LogP contribution in [-0.4, -0.2) is 35.2 Å². The lowest BCUT2D eigenvalue weighted by Crippen LogP contribution is -2.31. The molecule has 0 saturated heterocycles. The number of imidazole rings is 1. The summed E-state index contributed by atoms with van der Waals surface area (Å²) in [5.41, 5.74) is 4.43. The van der Waals surface area contributed by atoms with Gasteiger partial charge in [0.05, 0.1) is 25.6 Å². The molecule has 2 heterocycles. The van der Waals surface area contributed by atoms with Crippen molar-refractivity contribution >= 4 is 0 Å². The summed E-state index contributed by atoms with van der Waals surface area (Å²) in [5.74, 6) is 2.38. The van der Waals surface area contributed by atoms with Gasteiger partial charge in [-0.05, 0) is 49.4 Å². The maximum Gasteiger partial charge on any atom is 0.140 e. The van der Waals surface area contributed by atoms with Gasteiger partial charge in [0.15, 0.2) is 0 Å². The zero-order valence-electron chi connectivity index (χ0n) is 17.1. The molecule has 4 rings (SSSR count). The van der Waals surface area contributed by atoms with Crippen LogP contribution >= 0.6 is 0 Å². The Balaban J connectivity index is 1.61. The van der Waals surface area contributed by atoms with E-state index in [0.717, 1.165) is 66.7 Å². The van der Waals surface area contributed by atoms with Gasteiger partial charge >= 0.3 is 0 Å². The van der Waals surface area contributed by atoms with Gasteiger partial charge in [0.2, 0.25) is 0 Å². The molecule has 2 aromatic carbocycles. The van der Waals surface area contributed by atoms with E-state index in [-0.39, 0.29) is 5.82 Å². The molecule has 1 aliphatic heterocycles. The Kier molecular flexibility index (Phi) is 5.53. The standard InChI is InChI=1S/C23H26FN3O2/c1-4-27-21-15-26(14-17-13-19(28-2)9-10-22(17)29-3)12-11-20(21)25-23(27)16-5-7-18(24)8-6-16/h5-10,13H,4,11-12,14-15H2,1-3H3. The van der Waals surface area contributed by atoms with Gasteiger partial charge in [-0.25, -0.2) is 9.37 Å². The van der Waals surface area contributed by atoms with Gasteiger partial charge in [-0.3, -0.25) is 4.90 Å². The van der Waals surface area contributed by atoms with E-state index in [2.05, 4.69) is 16.4 Å². The lowest BCUT2D eigenvalue weighted by atomic mass is 10.1. The molecule has 1 aromatic heterocycles. The summed E-state index contributed by atoms with van der Waals surface area (Å²) >= 11 is 0. The number of nitrogens with zero attached hydrogens (tertiary/aromatic N) is 3. The summed E-state index contributed by atoms with van der Waals surface area (Å²) in [6, 6.07) is 12.5. The van der Waals surface area contributed by atoms with E-state index in [9.17, 15) is 4.39 Å². The Morgan fingerprint density at radius 1 is 1.07 bits per heavy atom. The molecule has 0 spiro atoms. The largest absolute Gasteiger partial charge is 0.497 e. The van der Waals surface area contributed by atoms with Crippen LogP contribution in [0.5, 0.6) is 11.5 Å². The topological polar surface area (TPSA) is 39.5 Å². The quantitative estimate of drug-likeness (QED) is 0.624. The minimum Gasteiger partial charge on any atom is -0.497 e. The van der Waals surface area contributed by atoms with E-state index >= 15 is 0 Å². The first-order valence-electron chi connectivity index (χ1n) is 9.90. The van der Waals surface area contributed by atoms with Crippen molar-refractivity contribution in [1.82, 2.24) is 14.5 Å². The molecular weight excluding hydrogens is 369 g/mol. The smallest absolute Gasteiger partial charge is 0.140 e. The first-order valence-corrected chi connectivity index (χ1v) is 9.90. The average Bonchev–Trinajstić information content (AvgIpc) is 3.12. The molecule has 0 amide bonds. The second kappa shape index (κ2) is 8.25. The molecule has 0 radical (unpaired) electrons. The zero-order valence-corrected chi connectivity index (χ0v) is 17.1. The van der Waals surface area contributed by atoms with Gasteiger partial charge < -0.3 is 14.0 Å². The lowest BCUT2D eigenvalue weighted by Gasteiger charge is -2.28. The normalized spacial score (nSPS) is 13.9. The molecule has 0 unspecified atom stereocenters. The molecule has 0 saturated carbocycles. The molecule has 1 aliphatic rings. The monoisotopic (exact) mass is 395 g/mol. The first-order chi connectivity index (χ1) is 14.1. The molecule has 29 heavy (non-hydrogen) atoms. The van der Waals surface area contributed by atoms with Crippen LogP contribution in [0.25, 0.3) is 11.4 Å². The highest BCUT2D eigenvalue weighted by Gasteiger charge is 2.25. The second-order valence-corrected chi connectivity index (χ2v) is 7.22. The van der Waals surface area contributed by atoms with Crippen molar-refractivity contribution in [3.05, 3.63) is 65.2 Å². The Morgan fingerprint density at radius 2 is 1.86 bits per heavy atom. The van der Waals surface area contributed by atoms with E-state index in [0.29, 0.717) is 0 Å². The molecule has 0 N–H and O–H groups in total. The zero-order chi connectivity index (χ0) is 20.4. The molecule has 0 aliphatic carbocycles. The van der Waals surface area contributed by atoms with Gasteiger partial charge in [0.25, 0.3) is 0 Å². The van der Waals surface area contributed by atoms with Gasteiger partial charge in [-0.1, -0.05) is 0 Å². The van der Waals surface area contributed by atoms with Gasteiger partial charge in [-0.15, -0.1) is 0 Å². The molecule has 5 nitrogen and oxygen atoms in total. The molecule has 0 bridgehead atoms. The number of rotatable bonds is 6. The summed E-state index contributed by atoms with van der Waals surface area (Å²) in [4.78, 5) is 7.30. The number of halogens is 1. The Bertz CT molecular complexity index is 998. The van der Waals surface area contributed by atoms with Crippen LogP contribution in [0.1, 0.15) is 23.9 Å². The highest BCUT2D eigenvalue weighted by Crippen LogP contribution is 2.30. The van der Waals surface area contributed by atoms with Crippen molar-refractivity contribution in [1.29, 1.82) is 0 Å². The summed E-state index contributed by atoms with van der Waals surface area (Å²) in [6.07, 6.45) is 0.892. The highest BCUT2D eigenvalue weighted by atomic mass is 19.1.